The highest BCUT2D eigenvalue weighted by Gasteiger charge is 2.02. The van der Waals surface area contributed by atoms with Crippen LogP contribution in [0.2, 0.25) is 0 Å². The van der Waals surface area contributed by atoms with E-state index in [1.807, 2.05) is 18.2 Å². The van der Waals surface area contributed by atoms with E-state index in [9.17, 15) is 4.39 Å². The molecule has 4 nitrogen and oxygen atoms in total. The Kier molecular flexibility index (Phi) is 9.44. The number of nitrogens with one attached hydrogen (secondary N) is 2. The quantitative estimate of drug-likeness (QED) is 0.385. The first-order valence-corrected chi connectivity index (χ1v) is 7.98. The van der Waals surface area contributed by atoms with Crippen LogP contribution >= 0.6 is 24.0 Å². The number of aliphatic imine (C=N–C) groups is 1. The molecule has 2 aromatic rings. The predicted octanol–water partition coefficient (Wildman–Crippen LogP) is 4.03. The number of hydrogen-bond acceptors (Lipinski definition) is 2. The molecule has 0 atom stereocenters. The molecule has 2 N–H and O–H groups in total. The van der Waals surface area contributed by atoms with Gasteiger partial charge in [0.1, 0.15) is 11.6 Å². The summed E-state index contributed by atoms with van der Waals surface area (Å²) >= 11 is 0. The van der Waals surface area contributed by atoms with Crippen molar-refractivity contribution in [2.45, 2.75) is 33.2 Å². The van der Waals surface area contributed by atoms with Crippen molar-refractivity contribution in [1.82, 2.24) is 10.6 Å². The fraction of sp³-hybridized carbons (Fsp3) is 0.389. The van der Waals surface area contributed by atoms with Gasteiger partial charge in [-0.3, -0.25) is 0 Å². The van der Waals surface area contributed by atoms with Crippen molar-refractivity contribution in [3.63, 3.8) is 0 Å². The molecule has 1 aromatic heterocycles. The van der Waals surface area contributed by atoms with E-state index >= 15 is 0 Å². The Bertz CT molecular complexity index is 629. The van der Waals surface area contributed by atoms with E-state index < -0.39 is 0 Å². The molecule has 2 rings (SSSR count). The van der Waals surface area contributed by atoms with Crippen molar-refractivity contribution >= 4 is 29.9 Å². The third-order valence-corrected chi connectivity index (χ3v) is 3.44. The summed E-state index contributed by atoms with van der Waals surface area (Å²) < 4.78 is 18.9. The van der Waals surface area contributed by atoms with Gasteiger partial charge in [-0.25, -0.2) is 9.38 Å². The molecular formula is C18H25FIN3O. The normalized spacial score (nSPS) is 11.0. The Labute approximate surface area is 160 Å². The smallest absolute Gasteiger partial charge is 0.191 e. The van der Waals surface area contributed by atoms with Crippen LogP contribution in [0.15, 0.2) is 46.0 Å². The fourth-order valence-corrected chi connectivity index (χ4v) is 2.08. The lowest BCUT2D eigenvalue weighted by Gasteiger charge is -2.11. The second kappa shape index (κ2) is 11.1. The number of hydrogen-bond donors (Lipinski definition) is 2. The minimum absolute atomic E-state index is 0. The second-order valence-corrected chi connectivity index (χ2v) is 5.43. The fourth-order valence-electron chi connectivity index (χ4n) is 2.08. The molecule has 0 bridgehead atoms. The number of guanidine groups is 1. The molecule has 0 aliphatic rings. The molecule has 0 fully saturated rings. The standard InChI is InChI=1S/C18H24FN3O.HI/c1-3-9-20-18(21-10-8-16-5-4-11-23-16)22-13-15-7-6-14(2)17(19)12-15;/h4-7,11-12H,3,8-10,13H2,1-2H3,(H2,20,21,22);1H. The lowest BCUT2D eigenvalue weighted by Crippen LogP contribution is -2.38. The maximum Gasteiger partial charge on any atom is 0.191 e. The van der Waals surface area contributed by atoms with Crippen LogP contribution in [0.25, 0.3) is 0 Å². The number of halogens is 2. The average molecular weight is 445 g/mol. The highest BCUT2D eigenvalue weighted by molar-refractivity contribution is 14.0. The predicted molar refractivity (Wildman–Crippen MR) is 106 cm³/mol. The monoisotopic (exact) mass is 445 g/mol. The number of furan rings is 1. The van der Waals surface area contributed by atoms with Gasteiger partial charge in [0.2, 0.25) is 0 Å². The van der Waals surface area contributed by atoms with Gasteiger partial charge in [0.05, 0.1) is 12.8 Å². The summed E-state index contributed by atoms with van der Waals surface area (Å²) in [6, 6.07) is 9.06. The van der Waals surface area contributed by atoms with Gasteiger partial charge in [0.15, 0.2) is 5.96 Å². The van der Waals surface area contributed by atoms with Crippen molar-refractivity contribution < 1.29 is 8.81 Å². The first-order valence-electron chi connectivity index (χ1n) is 7.98. The summed E-state index contributed by atoms with van der Waals surface area (Å²) in [5.74, 6) is 1.49. The summed E-state index contributed by atoms with van der Waals surface area (Å²) in [6.45, 7) is 5.87. The van der Waals surface area contributed by atoms with Crippen LogP contribution in [-0.4, -0.2) is 19.0 Å². The zero-order valence-corrected chi connectivity index (χ0v) is 16.5. The highest BCUT2D eigenvalue weighted by atomic mass is 127. The van der Waals surface area contributed by atoms with E-state index in [4.69, 9.17) is 4.42 Å². The molecule has 0 aliphatic carbocycles. The Morgan fingerprint density at radius 1 is 1.21 bits per heavy atom. The first kappa shape index (κ1) is 20.5. The average Bonchev–Trinajstić information content (AvgIpc) is 3.06. The number of aryl methyl sites for hydroxylation is 1. The number of nitrogens with zero attached hydrogens (tertiary/aromatic N) is 1. The maximum atomic E-state index is 13.6. The molecular weight excluding hydrogens is 420 g/mol. The SMILES string of the molecule is CCCNC(=NCc1ccc(C)c(F)c1)NCCc1ccco1.I. The Morgan fingerprint density at radius 3 is 2.67 bits per heavy atom. The van der Waals surface area contributed by atoms with Gasteiger partial charge in [0.25, 0.3) is 0 Å². The third-order valence-electron chi connectivity index (χ3n) is 3.44. The summed E-state index contributed by atoms with van der Waals surface area (Å²) in [4.78, 5) is 4.52. The topological polar surface area (TPSA) is 49.6 Å². The number of benzene rings is 1. The van der Waals surface area contributed by atoms with Crippen LogP contribution in [-0.2, 0) is 13.0 Å². The van der Waals surface area contributed by atoms with Crippen molar-refractivity contribution in [3.8, 4) is 0 Å². The van der Waals surface area contributed by atoms with Crippen LogP contribution in [0.3, 0.4) is 0 Å². The zero-order chi connectivity index (χ0) is 16.5. The van der Waals surface area contributed by atoms with Crippen LogP contribution in [0, 0.1) is 12.7 Å². The highest BCUT2D eigenvalue weighted by Crippen LogP contribution is 2.10. The second-order valence-electron chi connectivity index (χ2n) is 5.43. The molecule has 0 aliphatic heterocycles. The first-order chi connectivity index (χ1) is 11.2. The lowest BCUT2D eigenvalue weighted by molar-refractivity contribution is 0.506. The van der Waals surface area contributed by atoms with Gasteiger partial charge >= 0.3 is 0 Å². The van der Waals surface area contributed by atoms with E-state index in [1.165, 1.54) is 0 Å². The molecule has 24 heavy (non-hydrogen) atoms. The molecule has 0 saturated heterocycles. The molecule has 0 saturated carbocycles. The van der Waals surface area contributed by atoms with E-state index in [-0.39, 0.29) is 29.8 Å². The summed E-state index contributed by atoms with van der Waals surface area (Å²) in [5.41, 5.74) is 1.51. The van der Waals surface area contributed by atoms with Gasteiger partial charge in [-0.1, -0.05) is 19.1 Å². The molecule has 0 spiro atoms. The van der Waals surface area contributed by atoms with E-state index in [0.29, 0.717) is 12.1 Å². The van der Waals surface area contributed by atoms with Gasteiger partial charge in [-0.05, 0) is 42.7 Å². The minimum atomic E-state index is -0.188. The van der Waals surface area contributed by atoms with Crippen LogP contribution in [0.1, 0.15) is 30.2 Å². The Morgan fingerprint density at radius 2 is 2.00 bits per heavy atom. The maximum absolute atomic E-state index is 13.6. The van der Waals surface area contributed by atoms with Crippen molar-refractivity contribution in [2.75, 3.05) is 13.1 Å². The zero-order valence-electron chi connectivity index (χ0n) is 14.1. The van der Waals surface area contributed by atoms with Crippen LogP contribution in [0.4, 0.5) is 4.39 Å². The van der Waals surface area contributed by atoms with Crippen molar-refractivity contribution in [1.29, 1.82) is 0 Å². The Hall–Kier alpha value is -1.57. The van der Waals surface area contributed by atoms with Crippen LogP contribution in [0.5, 0.6) is 0 Å². The van der Waals surface area contributed by atoms with E-state index in [1.54, 1.807) is 25.3 Å². The minimum Gasteiger partial charge on any atom is -0.469 e. The molecule has 132 valence electrons. The van der Waals surface area contributed by atoms with Gasteiger partial charge in [-0.2, -0.15) is 0 Å². The van der Waals surface area contributed by atoms with Gasteiger partial charge < -0.3 is 15.1 Å². The number of rotatable bonds is 7. The summed E-state index contributed by atoms with van der Waals surface area (Å²) in [5, 5.41) is 6.53. The molecule has 1 aromatic carbocycles. The van der Waals surface area contributed by atoms with Crippen LogP contribution < -0.4 is 10.6 Å². The molecule has 0 unspecified atom stereocenters. The van der Waals surface area contributed by atoms with E-state index in [2.05, 4.69) is 22.5 Å². The summed E-state index contributed by atoms with van der Waals surface area (Å²) in [6.07, 6.45) is 3.47. The summed E-state index contributed by atoms with van der Waals surface area (Å²) in [7, 11) is 0. The molecule has 6 heteroatoms. The third kappa shape index (κ3) is 6.90. The van der Waals surface area contributed by atoms with E-state index in [0.717, 1.165) is 43.2 Å². The molecule has 1 heterocycles. The molecule has 0 amide bonds. The lowest BCUT2D eigenvalue weighted by atomic mass is 10.1. The van der Waals surface area contributed by atoms with Crippen molar-refractivity contribution in [3.05, 3.63) is 59.3 Å². The Balaban J connectivity index is 0.00000288. The van der Waals surface area contributed by atoms with Gasteiger partial charge in [-0.15, -0.1) is 24.0 Å². The largest absolute Gasteiger partial charge is 0.469 e. The van der Waals surface area contributed by atoms with Crippen molar-refractivity contribution in [2.24, 2.45) is 4.99 Å². The van der Waals surface area contributed by atoms with Gasteiger partial charge in [0, 0.05) is 19.5 Å². The molecule has 0 radical (unpaired) electrons.